The van der Waals surface area contributed by atoms with Crippen LogP contribution < -0.4 is 10.5 Å². The Morgan fingerprint density at radius 2 is 1.24 bits per heavy atom. The summed E-state index contributed by atoms with van der Waals surface area (Å²) >= 11 is 0. The molecule has 4 aromatic carbocycles. The van der Waals surface area contributed by atoms with Crippen molar-refractivity contribution in [3.8, 4) is 22.5 Å². The van der Waals surface area contributed by atoms with Crippen LogP contribution in [-0.2, 0) is 0 Å². The van der Waals surface area contributed by atoms with E-state index in [1.54, 1.807) is 0 Å². The average Bonchev–Trinajstić information content (AvgIpc) is 3.02. The van der Waals surface area contributed by atoms with Gasteiger partial charge in [0.25, 0.3) is 0 Å². The second-order valence-electron chi connectivity index (χ2n) is 8.29. The molecule has 1 aliphatic rings. The van der Waals surface area contributed by atoms with Gasteiger partial charge in [-0.25, -0.2) is 9.97 Å². The van der Waals surface area contributed by atoms with Crippen molar-refractivity contribution in [1.82, 2.24) is 9.97 Å². The Balaban J connectivity index is 1.75. The topological polar surface area (TPSA) is 25.8 Å². The van der Waals surface area contributed by atoms with Crippen molar-refractivity contribution in [1.29, 1.82) is 0 Å². The van der Waals surface area contributed by atoms with E-state index < -0.39 is 8.07 Å². The van der Waals surface area contributed by atoms with E-state index in [-0.39, 0.29) is 0 Å². The van der Waals surface area contributed by atoms with E-state index in [1.807, 2.05) is 18.2 Å². The van der Waals surface area contributed by atoms with Gasteiger partial charge >= 0.3 is 0 Å². The number of nitrogens with zero attached hydrogens (tertiary/aromatic N) is 2. The van der Waals surface area contributed by atoms with Gasteiger partial charge in [-0.3, -0.25) is 0 Å². The van der Waals surface area contributed by atoms with E-state index in [2.05, 4.69) is 80.0 Å². The minimum atomic E-state index is -1.98. The summed E-state index contributed by atoms with van der Waals surface area (Å²) in [6.07, 6.45) is 2.06. The lowest BCUT2D eigenvalue weighted by molar-refractivity contribution is 1.21. The lowest BCUT2D eigenvalue weighted by atomic mass is 9.94. The maximum atomic E-state index is 5.16. The Labute approximate surface area is 170 Å². The minimum Gasteiger partial charge on any atom is -0.237 e. The highest BCUT2D eigenvalue weighted by atomic mass is 28.3. The first kappa shape index (κ1) is 16.6. The van der Waals surface area contributed by atoms with Crippen molar-refractivity contribution in [3.05, 3.63) is 85.1 Å². The monoisotopic (exact) mass is 388 g/mol. The van der Waals surface area contributed by atoms with Crippen LogP contribution >= 0.6 is 0 Å². The normalized spacial score (nSPS) is 14.1. The van der Waals surface area contributed by atoms with Gasteiger partial charge in [-0.05, 0) is 32.3 Å². The van der Waals surface area contributed by atoms with E-state index in [0.29, 0.717) is 0 Å². The van der Waals surface area contributed by atoms with Crippen LogP contribution in [0.1, 0.15) is 0 Å². The Bertz CT molecular complexity index is 1420. The van der Waals surface area contributed by atoms with Crippen molar-refractivity contribution in [2.75, 3.05) is 0 Å². The van der Waals surface area contributed by atoms with Crippen molar-refractivity contribution < 1.29 is 0 Å². The molecule has 0 radical (unpaired) electrons. The largest absolute Gasteiger partial charge is 0.237 e. The molecule has 0 N–H and O–H groups in total. The molecule has 0 aliphatic carbocycles. The maximum Gasteiger partial charge on any atom is 0.159 e. The van der Waals surface area contributed by atoms with E-state index in [4.69, 9.17) is 9.97 Å². The Kier molecular flexibility index (Phi) is 3.35. The molecule has 2 heterocycles. The summed E-state index contributed by atoms with van der Waals surface area (Å²) in [5.41, 5.74) is 3.65. The number of rotatable bonds is 1. The fourth-order valence-electron chi connectivity index (χ4n) is 4.96. The van der Waals surface area contributed by atoms with Crippen molar-refractivity contribution >= 4 is 40.1 Å². The molecule has 0 unspecified atom stereocenters. The zero-order valence-electron chi connectivity index (χ0n) is 16.5. The summed E-state index contributed by atoms with van der Waals surface area (Å²) in [5, 5.41) is 8.09. The standard InChI is InChI=1S/C26H20N2Si/c1-29(2)24-21-15-9-7-13-19(21)18-12-6-8-14-20(18)23(24)22-16-27-25(28-26(22)29)17-10-4-3-5-11-17/h3-16H,1-2H3. The van der Waals surface area contributed by atoms with Crippen molar-refractivity contribution in [2.45, 2.75) is 13.1 Å². The lowest BCUT2D eigenvalue weighted by Gasteiger charge is -2.21. The van der Waals surface area contributed by atoms with Gasteiger partial charge in [-0.2, -0.15) is 0 Å². The van der Waals surface area contributed by atoms with Crippen LogP contribution in [0.15, 0.2) is 85.1 Å². The average molecular weight is 389 g/mol. The predicted molar refractivity (Wildman–Crippen MR) is 125 cm³/mol. The number of benzene rings is 4. The molecular weight excluding hydrogens is 368 g/mol. The first-order valence-electron chi connectivity index (χ1n) is 10.0. The SMILES string of the molecule is C[Si]1(C)c2nc(-c3ccccc3)ncc2-c2c1c1ccccc1c1ccccc21. The van der Waals surface area contributed by atoms with Crippen LogP contribution in [-0.4, -0.2) is 18.0 Å². The maximum absolute atomic E-state index is 5.16. The number of aromatic nitrogens is 2. The van der Waals surface area contributed by atoms with Crippen molar-refractivity contribution in [3.63, 3.8) is 0 Å². The minimum absolute atomic E-state index is 0.825. The highest BCUT2D eigenvalue weighted by molar-refractivity contribution is 7.05. The van der Waals surface area contributed by atoms with E-state index in [0.717, 1.165) is 11.4 Å². The lowest BCUT2D eigenvalue weighted by Crippen LogP contribution is -2.51. The second kappa shape index (κ2) is 5.85. The highest BCUT2D eigenvalue weighted by Crippen LogP contribution is 2.38. The zero-order chi connectivity index (χ0) is 19.6. The van der Waals surface area contributed by atoms with Crippen LogP contribution in [0.5, 0.6) is 0 Å². The van der Waals surface area contributed by atoms with Gasteiger partial charge in [0.2, 0.25) is 0 Å². The smallest absolute Gasteiger partial charge is 0.159 e. The number of fused-ring (bicyclic) bond motifs is 8. The highest BCUT2D eigenvalue weighted by Gasteiger charge is 2.42. The first-order chi connectivity index (χ1) is 14.2. The third-order valence-electron chi connectivity index (χ3n) is 6.24. The van der Waals surface area contributed by atoms with Crippen LogP contribution in [0.4, 0.5) is 0 Å². The summed E-state index contributed by atoms with van der Waals surface area (Å²) in [5.74, 6) is 0.825. The summed E-state index contributed by atoms with van der Waals surface area (Å²) in [7, 11) is -1.98. The third-order valence-corrected chi connectivity index (χ3v) is 9.57. The molecule has 0 bridgehead atoms. The van der Waals surface area contributed by atoms with Crippen molar-refractivity contribution in [2.24, 2.45) is 0 Å². The quantitative estimate of drug-likeness (QED) is 0.289. The molecule has 5 aromatic rings. The van der Waals surface area contributed by atoms with Gasteiger partial charge in [-0.1, -0.05) is 92.0 Å². The van der Waals surface area contributed by atoms with E-state index in [9.17, 15) is 0 Å². The molecule has 0 fully saturated rings. The number of hydrogen-bond acceptors (Lipinski definition) is 2. The van der Waals surface area contributed by atoms with E-state index in [1.165, 1.54) is 43.2 Å². The van der Waals surface area contributed by atoms with Gasteiger partial charge in [0.1, 0.15) is 8.07 Å². The Morgan fingerprint density at radius 1 is 0.655 bits per heavy atom. The molecule has 0 amide bonds. The Morgan fingerprint density at radius 3 is 1.97 bits per heavy atom. The molecule has 2 nitrogen and oxygen atoms in total. The zero-order valence-corrected chi connectivity index (χ0v) is 17.5. The molecule has 0 atom stereocenters. The molecule has 29 heavy (non-hydrogen) atoms. The van der Waals surface area contributed by atoms with Crippen LogP contribution in [0.3, 0.4) is 0 Å². The van der Waals surface area contributed by atoms with Gasteiger partial charge in [-0.15, -0.1) is 0 Å². The summed E-state index contributed by atoms with van der Waals surface area (Å²) in [6.45, 7) is 4.86. The van der Waals surface area contributed by atoms with Crippen LogP contribution in [0.2, 0.25) is 13.1 Å². The predicted octanol–water partition coefficient (Wildman–Crippen LogP) is 5.25. The molecule has 3 heteroatoms. The molecular formula is C26H20N2Si. The summed E-state index contributed by atoms with van der Waals surface area (Å²) < 4.78 is 0. The van der Waals surface area contributed by atoms with Crippen LogP contribution in [0.25, 0.3) is 44.1 Å². The molecule has 138 valence electrons. The third kappa shape index (κ3) is 2.22. The molecule has 1 aromatic heterocycles. The Hall–Kier alpha value is -3.30. The molecule has 0 saturated carbocycles. The first-order valence-corrected chi connectivity index (χ1v) is 13.0. The summed E-state index contributed by atoms with van der Waals surface area (Å²) in [6, 6.07) is 27.9. The summed E-state index contributed by atoms with van der Waals surface area (Å²) in [4.78, 5) is 9.94. The molecule has 0 spiro atoms. The fourth-order valence-corrected chi connectivity index (χ4v) is 8.23. The van der Waals surface area contributed by atoms with Gasteiger partial charge < -0.3 is 0 Å². The van der Waals surface area contributed by atoms with Crippen LogP contribution in [0, 0.1) is 0 Å². The van der Waals surface area contributed by atoms with E-state index >= 15 is 0 Å². The molecule has 1 aliphatic heterocycles. The molecule has 6 rings (SSSR count). The second-order valence-corrected chi connectivity index (χ2v) is 12.5. The van der Waals surface area contributed by atoms with Gasteiger partial charge in [0.15, 0.2) is 5.82 Å². The fraction of sp³-hybridized carbons (Fsp3) is 0.0769. The number of hydrogen-bond donors (Lipinski definition) is 0. The molecule has 0 saturated heterocycles. The van der Waals surface area contributed by atoms with Gasteiger partial charge in [0.05, 0.1) is 0 Å². The van der Waals surface area contributed by atoms with Gasteiger partial charge in [0, 0.05) is 22.6 Å².